The Bertz CT molecular complexity index is 624. The molecule has 0 aromatic heterocycles. The van der Waals surface area contributed by atoms with Crippen molar-refractivity contribution in [2.24, 2.45) is 15.8 Å². The van der Waals surface area contributed by atoms with Crippen molar-refractivity contribution in [2.45, 2.75) is 99.2 Å². The third-order valence-corrected chi connectivity index (χ3v) is 5.19. The van der Waals surface area contributed by atoms with E-state index in [0.29, 0.717) is 0 Å². The van der Waals surface area contributed by atoms with Crippen LogP contribution in [0.15, 0.2) is 28.3 Å². The average molecular weight is 359 g/mol. The minimum atomic E-state index is -0.185. The highest BCUT2D eigenvalue weighted by Gasteiger charge is 2.38. The maximum Gasteiger partial charge on any atom is 0.186 e. The number of carbonyl (C=O) groups is 1. The predicted octanol–water partition coefficient (Wildman–Crippen LogP) is 5.26. The van der Waals surface area contributed by atoms with Gasteiger partial charge in [-0.1, -0.05) is 41.5 Å². The van der Waals surface area contributed by atoms with Crippen LogP contribution in [0.3, 0.4) is 0 Å². The fourth-order valence-corrected chi connectivity index (χ4v) is 4.37. The quantitative estimate of drug-likeness (QED) is 0.649. The number of hydrogen-bond acceptors (Lipinski definition) is 3. The molecule has 26 heavy (non-hydrogen) atoms. The van der Waals surface area contributed by atoms with Gasteiger partial charge in [-0.15, -0.1) is 0 Å². The van der Waals surface area contributed by atoms with E-state index in [-0.39, 0.29) is 33.7 Å². The maximum absolute atomic E-state index is 13.1. The van der Waals surface area contributed by atoms with E-state index in [9.17, 15) is 4.79 Å². The van der Waals surface area contributed by atoms with Gasteiger partial charge < -0.3 is 5.32 Å². The van der Waals surface area contributed by atoms with Crippen molar-refractivity contribution in [3.8, 4) is 0 Å². The first kappa shape index (κ1) is 21.1. The molecule has 1 saturated heterocycles. The molecule has 2 aliphatic rings. The van der Waals surface area contributed by atoms with Gasteiger partial charge in [0, 0.05) is 22.2 Å². The smallest absolute Gasteiger partial charge is 0.186 e. The summed E-state index contributed by atoms with van der Waals surface area (Å²) in [5, 5.41) is 3.72. The van der Waals surface area contributed by atoms with Gasteiger partial charge >= 0.3 is 0 Å². The second-order valence-electron chi connectivity index (χ2n) is 11.5. The summed E-state index contributed by atoms with van der Waals surface area (Å²) in [6.07, 6.45) is 6.07. The van der Waals surface area contributed by atoms with E-state index >= 15 is 0 Å². The van der Waals surface area contributed by atoms with Crippen molar-refractivity contribution >= 4 is 11.5 Å². The average Bonchev–Trinajstić information content (AvgIpc) is 2.34. The first-order valence-electron chi connectivity index (χ1n) is 9.86. The van der Waals surface area contributed by atoms with E-state index in [1.165, 1.54) is 0 Å². The van der Waals surface area contributed by atoms with E-state index in [2.05, 4.69) is 74.6 Å². The first-order chi connectivity index (χ1) is 11.5. The molecule has 1 aliphatic heterocycles. The van der Waals surface area contributed by atoms with Gasteiger partial charge in [0.05, 0.1) is 11.8 Å². The summed E-state index contributed by atoms with van der Waals surface area (Å²) in [4.78, 5) is 18.2. The molecule has 0 aromatic carbocycles. The molecular weight excluding hydrogens is 320 g/mol. The molecule has 0 spiro atoms. The lowest BCUT2D eigenvalue weighted by atomic mass is 9.72. The Morgan fingerprint density at radius 1 is 0.885 bits per heavy atom. The van der Waals surface area contributed by atoms with Crippen LogP contribution < -0.4 is 5.32 Å². The largest absolute Gasteiger partial charge is 0.307 e. The number of allylic oxidation sites excluding steroid dienone is 4. The monoisotopic (exact) mass is 358 g/mol. The fraction of sp³-hybridized carbons (Fsp3) is 0.739. The Kier molecular flexibility index (Phi) is 5.22. The molecule has 0 radical (unpaired) electrons. The highest BCUT2D eigenvalue weighted by Crippen LogP contribution is 2.38. The number of nitrogens with one attached hydrogen (secondary N) is 1. The summed E-state index contributed by atoms with van der Waals surface area (Å²) >= 11 is 0. The van der Waals surface area contributed by atoms with Crippen molar-refractivity contribution < 1.29 is 4.79 Å². The Labute approximate surface area is 160 Å². The molecule has 3 heteroatoms. The molecule has 1 N–H and O–H groups in total. The van der Waals surface area contributed by atoms with E-state index in [1.54, 1.807) is 0 Å². The summed E-state index contributed by atoms with van der Waals surface area (Å²) < 4.78 is 0. The molecule has 0 amide bonds. The maximum atomic E-state index is 13.1. The number of carbonyl (C=O) groups excluding carboxylic acids is 1. The van der Waals surface area contributed by atoms with Gasteiger partial charge in [0.2, 0.25) is 0 Å². The summed E-state index contributed by atoms with van der Waals surface area (Å²) in [5.41, 5.74) is 2.46. The summed E-state index contributed by atoms with van der Waals surface area (Å²) in [5.74, 6) is 0.176. The Morgan fingerprint density at radius 2 is 1.27 bits per heavy atom. The molecular formula is C23H38N2O. The second-order valence-corrected chi connectivity index (χ2v) is 11.5. The molecule has 1 heterocycles. The van der Waals surface area contributed by atoms with Crippen LogP contribution in [-0.2, 0) is 4.79 Å². The number of ketones is 1. The lowest BCUT2D eigenvalue weighted by molar-refractivity contribution is -0.114. The molecule has 1 fully saturated rings. The highest BCUT2D eigenvalue weighted by atomic mass is 16.1. The van der Waals surface area contributed by atoms with Gasteiger partial charge in [0.1, 0.15) is 0 Å². The summed E-state index contributed by atoms with van der Waals surface area (Å²) in [6, 6.07) is 0.263. The van der Waals surface area contributed by atoms with Crippen LogP contribution in [0.4, 0.5) is 0 Å². The first-order valence-corrected chi connectivity index (χ1v) is 9.86. The van der Waals surface area contributed by atoms with Crippen LogP contribution in [0.1, 0.15) is 82.1 Å². The van der Waals surface area contributed by atoms with Gasteiger partial charge in [-0.25, -0.2) is 0 Å². The third-order valence-electron chi connectivity index (χ3n) is 5.19. The van der Waals surface area contributed by atoms with Gasteiger partial charge in [-0.05, 0) is 63.5 Å². The SMILES string of the molecule is CC1(C)CC(N=C2C=C(C(C)(C)C)C(=O)C(C(C)(C)C)=C2)CC(C)(C)N1. The summed E-state index contributed by atoms with van der Waals surface area (Å²) in [6.45, 7) is 21.6. The van der Waals surface area contributed by atoms with Gasteiger partial charge in [0.25, 0.3) is 0 Å². The van der Waals surface area contributed by atoms with Gasteiger partial charge in [0.15, 0.2) is 5.78 Å². The van der Waals surface area contributed by atoms with E-state index < -0.39 is 0 Å². The number of Topliss-reactive ketones (excluding diaryl/α,β-unsaturated/α-hetero) is 1. The summed E-state index contributed by atoms with van der Waals surface area (Å²) in [7, 11) is 0. The molecule has 2 rings (SSSR count). The van der Waals surface area contributed by atoms with Gasteiger partial charge in [-0.3, -0.25) is 9.79 Å². The van der Waals surface area contributed by atoms with E-state index in [0.717, 1.165) is 29.7 Å². The van der Waals surface area contributed by atoms with Crippen LogP contribution in [0.25, 0.3) is 0 Å². The van der Waals surface area contributed by atoms with Crippen molar-refractivity contribution in [1.82, 2.24) is 5.32 Å². The number of hydrogen-bond donors (Lipinski definition) is 1. The number of aliphatic imine (C=N–C) groups is 1. The van der Waals surface area contributed by atoms with Crippen LogP contribution in [0.2, 0.25) is 0 Å². The van der Waals surface area contributed by atoms with Crippen LogP contribution in [-0.4, -0.2) is 28.6 Å². The molecule has 0 bridgehead atoms. The van der Waals surface area contributed by atoms with Crippen LogP contribution in [0.5, 0.6) is 0 Å². The molecule has 0 saturated carbocycles. The normalized spacial score (nSPS) is 24.2. The van der Waals surface area contributed by atoms with Crippen LogP contribution >= 0.6 is 0 Å². The zero-order valence-corrected chi connectivity index (χ0v) is 18.5. The van der Waals surface area contributed by atoms with E-state index in [1.807, 2.05) is 12.2 Å². The van der Waals surface area contributed by atoms with Crippen LogP contribution in [0, 0.1) is 10.8 Å². The Hall–Kier alpha value is -1.22. The number of rotatable bonds is 1. The molecule has 3 nitrogen and oxygen atoms in total. The fourth-order valence-electron chi connectivity index (χ4n) is 4.37. The molecule has 0 aromatic rings. The highest BCUT2D eigenvalue weighted by molar-refractivity contribution is 6.22. The molecule has 146 valence electrons. The lowest BCUT2D eigenvalue weighted by Gasteiger charge is -2.45. The second kappa shape index (κ2) is 6.44. The number of piperidine rings is 1. The van der Waals surface area contributed by atoms with Crippen molar-refractivity contribution in [1.29, 1.82) is 0 Å². The lowest BCUT2D eigenvalue weighted by Crippen LogP contribution is -2.58. The van der Waals surface area contributed by atoms with E-state index in [4.69, 9.17) is 4.99 Å². The standard InChI is InChI=1S/C23H38N2O/c1-20(2,3)17-11-15(12-18(19(17)26)21(4,5)6)24-16-13-22(7,8)25-23(9,10)14-16/h11-12,16,25H,13-14H2,1-10H3. The topological polar surface area (TPSA) is 41.5 Å². The third kappa shape index (κ3) is 4.94. The predicted molar refractivity (Wildman–Crippen MR) is 112 cm³/mol. The zero-order chi connectivity index (χ0) is 20.1. The Morgan fingerprint density at radius 3 is 1.62 bits per heavy atom. The Balaban J connectivity index is 2.48. The van der Waals surface area contributed by atoms with Crippen molar-refractivity contribution in [3.05, 3.63) is 23.3 Å². The minimum absolute atomic E-state index is 0.0636. The molecule has 0 atom stereocenters. The number of nitrogens with zero attached hydrogens (tertiary/aromatic N) is 1. The van der Waals surface area contributed by atoms with Crippen molar-refractivity contribution in [2.75, 3.05) is 0 Å². The van der Waals surface area contributed by atoms with Crippen molar-refractivity contribution in [3.63, 3.8) is 0 Å². The van der Waals surface area contributed by atoms with Gasteiger partial charge in [-0.2, -0.15) is 0 Å². The minimum Gasteiger partial charge on any atom is -0.307 e. The molecule has 1 aliphatic carbocycles. The molecule has 0 unspecified atom stereocenters. The zero-order valence-electron chi connectivity index (χ0n) is 18.5.